The normalized spacial score (nSPS) is 17.3. The number of aryl methyl sites for hydroxylation is 3. The molecule has 0 aliphatic heterocycles. The largest absolute Gasteiger partial charge is 0.357 e. The average molecular weight is 790 g/mol. The van der Waals surface area contributed by atoms with E-state index in [-0.39, 0.29) is 18.0 Å². The van der Waals surface area contributed by atoms with E-state index in [1.165, 1.54) is 21.9 Å². The third-order valence-electron chi connectivity index (χ3n) is 9.17. The molecule has 4 N–H and O–H groups in total. The molecule has 8 rings (SSSR count). The van der Waals surface area contributed by atoms with Gasteiger partial charge in [0, 0.05) is 48.3 Å². The van der Waals surface area contributed by atoms with E-state index in [1.54, 1.807) is 24.4 Å². The molecule has 11 heteroatoms. The highest BCUT2D eigenvalue weighted by Gasteiger charge is 2.29. The first-order valence-corrected chi connectivity index (χ1v) is 19.1. The number of H-pyrrole nitrogens is 2. The molecule has 2 atom stereocenters. The van der Waals surface area contributed by atoms with Crippen LogP contribution in [-0.4, -0.2) is 29.3 Å². The third-order valence-corrected chi connectivity index (χ3v) is 11.6. The lowest BCUT2D eigenvalue weighted by molar-refractivity contribution is 0.0927. The van der Waals surface area contributed by atoms with E-state index >= 15 is 0 Å². The van der Waals surface area contributed by atoms with Crippen LogP contribution in [0.1, 0.15) is 76.3 Å². The molecule has 0 saturated carbocycles. The number of pyridine rings is 1. The summed E-state index contributed by atoms with van der Waals surface area (Å²) in [6.07, 6.45) is 7.43. The molecule has 8 nitrogen and oxygen atoms in total. The van der Waals surface area contributed by atoms with Gasteiger partial charge in [-0.25, -0.2) is 13.1 Å². The Morgan fingerprint density at radius 2 is 1.38 bits per heavy atom. The van der Waals surface area contributed by atoms with E-state index < -0.39 is 10.0 Å². The maximum atomic E-state index is 12.8. The first-order chi connectivity index (χ1) is 23.2. The molecule has 2 aliphatic rings. The number of fused-ring (bicyclic) bond motifs is 6. The van der Waals surface area contributed by atoms with Crippen LogP contribution in [0.4, 0.5) is 0 Å². The van der Waals surface area contributed by atoms with Crippen molar-refractivity contribution in [2.24, 2.45) is 0 Å². The van der Waals surface area contributed by atoms with Gasteiger partial charge in [0.15, 0.2) is 0 Å². The first-order valence-electron chi connectivity index (χ1n) is 16.1. The monoisotopic (exact) mass is 787 g/mol. The minimum Gasteiger partial charge on any atom is -0.357 e. The molecule has 0 saturated heterocycles. The zero-order valence-electron chi connectivity index (χ0n) is 26.3. The number of aromatic nitrogens is 3. The minimum atomic E-state index is -3.54. The van der Waals surface area contributed by atoms with Crippen molar-refractivity contribution in [3.63, 3.8) is 0 Å². The number of sulfonamides is 1. The van der Waals surface area contributed by atoms with Crippen LogP contribution in [0.5, 0.6) is 0 Å². The second-order valence-electron chi connectivity index (χ2n) is 12.4. The molecule has 6 aromatic rings. The fourth-order valence-electron chi connectivity index (χ4n) is 6.83. The number of benzene rings is 3. The Labute approximate surface area is 296 Å². The van der Waals surface area contributed by atoms with Gasteiger partial charge in [0.1, 0.15) is 5.69 Å². The van der Waals surface area contributed by atoms with Crippen molar-refractivity contribution in [3.8, 4) is 0 Å². The summed E-state index contributed by atoms with van der Waals surface area (Å²) in [6, 6.07) is 24.5. The number of aromatic amines is 2. The highest BCUT2D eigenvalue weighted by atomic mass is 79.9. The Morgan fingerprint density at radius 3 is 1.96 bits per heavy atom. The number of nitrogens with one attached hydrogen (secondary N) is 4. The summed E-state index contributed by atoms with van der Waals surface area (Å²) >= 11 is 7.06. The van der Waals surface area contributed by atoms with Gasteiger partial charge < -0.3 is 15.3 Å². The number of amides is 1. The van der Waals surface area contributed by atoms with Crippen LogP contribution in [0.25, 0.3) is 21.8 Å². The maximum absolute atomic E-state index is 12.8. The van der Waals surface area contributed by atoms with Gasteiger partial charge in [0.25, 0.3) is 5.91 Å². The molecule has 246 valence electrons. The van der Waals surface area contributed by atoms with Crippen LogP contribution < -0.4 is 10.0 Å². The van der Waals surface area contributed by atoms with E-state index in [9.17, 15) is 13.2 Å². The van der Waals surface area contributed by atoms with Crippen LogP contribution in [0.3, 0.4) is 0 Å². The second-order valence-corrected chi connectivity index (χ2v) is 16.0. The molecule has 0 spiro atoms. The van der Waals surface area contributed by atoms with Crippen molar-refractivity contribution in [2.45, 2.75) is 62.4 Å². The summed E-state index contributed by atoms with van der Waals surface area (Å²) in [5.41, 5.74) is 8.34. The van der Waals surface area contributed by atoms with Crippen molar-refractivity contribution in [1.82, 2.24) is 25.0 Å². The average Bonchev–Trinajstić information content (AvgIpc) is 3.64. The number of nitrogens with zero attached hydrogens (tertiary/aromatic N) is 1. The van der Waals surface area contributed by atoms with Crippen molar-refractivity contribution in [2.75, 3.05) is 0 Å². The summed E-state index contributed by atoms with van der Waals surface area (Å²) in [7, 11) is -3.54. The van der Waals surface area contributed by atoms with Crippen LogP contribution in [0.2, 0.25) is 0 Å². The van der Waals surface area contributed by atoms with Gasteiger partial charge in [-0.05, 0) is 117 Å². The van der Waals surface area contributed by atoms with Crippen LogP contribution >= 0.6 is 31.9 Å². The molecular formula is C37H35Br2N5O3S. The second kappa shape index (κ2) is 13.6. The van der Waals surface area contributed by atoms with Gasteiger partial charge in [0.2, 0.25) is 10.0 Å². The maximum Gasteiger partial charge on any atom is 0.270 e. The van der Waals surface area contributed by atoms with Crippen molar-refractivity contribution >= 4 is 69.6 Å². The molecule has 0 bridgehead atoms. The first kappa shape index (κ1) is 32.8. The Bertz CT molecular complexity index is 2230. The van der Waals surface area contributed by atoms with Gasteiger partial charge >= 0.3 is 0 Å². The van der Waals surface area contributed by atoms with Gasteiger partial charge in [-0.3, -0.25) is 9.78 Å². The van der Waals surface area contributed by atoms with Gasteiger partial charge in [-0.2, -0.15) is 0 Å². The number of carbonyl (C=O) groups excluding carboxylic acids is 1. The zero-order chi connectivity index (χ0) is 33.4. The van der Waals surface area contributed by atoms with E-state index in [2.05, 4.69) is 75.0 Å². The molecule has 2 unspecified atom stereocenters. The van der Waals surface area contributed by atoms with Crippen molar-refractivity contribution in [1.29, 1.82) is 0 Å². The number of carbonyl (C=O) groups is 1. The van der Waals surface area contributed by atoms with Crippen LogP contribution in [0.15, 0.2) is 98.9 Å². The van der Waals surface area contributed by atoms with Gasteiger partial charge in [0.05, 0.1) is 17.0 Å². The molecule has 1 amide bonds. The van der Waals surface area contributed by atoms with E-state index in [1.807, 2.05) is 49.4 Å². The quantitative estimate of drug-likeness (QED) is 0.140. The van der Waals surface area contributed by atoms with Gasteiger partial charge in [-0.15, -0.1) is 0 Å². The fraction of sp³-hybridized carbons (Fsp3) is 0.243. The summed E-state index contributed by atoms with van der Waals surface area (Å²) in [5.74, 6) is -0.122. The zero-order valence-corrected chi connectivity index (χ0v) is 30.3. The molecule has 2 aliphatic carbocycles. The summed E-state index contributed by atoms with van der Waals surface area (Å²) < 4.78 is 30.5. The molecule has 48 heavy (non-hydrogen) atoms. The molecule has 0 radical (unpaired) electrons. The van der Waals surface area contributed by atoms with Gasteiger partial charge in [-0.1, -0.05) is 55.6 Å². The predicted molar refractivity (Wildman–Crippen MR) is 197 cm³/mol. The molecular weight excluding hydrogens is 754 g/mol. The standard InChI is InChI=1S/C19H19BrN2O2S.C18H16BrN3O/c1-12-5-8-14(9-6-12)25(23,24)22-18-4-2-3-15-16-11-13(20)7-10-17(16)21-19(15)18;19-11-7-8-14-13(10-11)12-4-3-6-15(17(12)21-14)22-18(23)16-5-1-2-9-20-16/h5-11,18,21-22H,2-4H2,1H3;1-2,5,7-10,15,21H,3-4,6H2,(H,22,23). The van der Waals surface area contributed by atoms with Crippen LogP contribution in [0, 0.1) is 6.92 Å². The molecule has 3 heterocycles. The minimum absolute atomic E-state index is 0.0134. The Kier molecular flexibility index (Phi) is 9.30. The van der Waals surface area contributed by atoms with Crippen molar-refractivity contribution in [3.05, 3.63) is 128 Å². The smallest absolute Gasteiger partial charge is 0.270 e. The number of hydrogen-bond donors (Lipinski definition) is 4. The third kappa shape index (κ3) is 6.74. The predicted octanol–water partition coefficient (Wildman–Crippen LogP) is 8.73. The molecule has 3 aromatic heterocycles. The van der Waals surface area contributed by atoms with E-state index in [0.717, 1.165) is 75.5 Å². The summed E-state index contributed by atoms with van der Waals surface area (Å²) in [6.45, 7) is 1.94. The Morgan fingerprint density at radius 1 is 0.792 bits per heavy atom. The highest BCUT2D eigenvalue weighted by molar-refractivity contribution is 9.10. The van der Waals surface area contributed by atoms with Crippen molar-refractivity contribution < 1.29 is 13.2 Å². The van der Waals surface area contributed by atoms with Crippen LogP contribution in [-0.2, 0) is 22.9 Å². The lowest BCUT2D eigenvalue weighted by Crippen LogP contribution is -2.31. The van der Waals surface area contributed by atoms with E-state index in [0.29, 0.717) is 10.6 Å². The Hall–Kier alpha value is -3.77. The topological polar surface area (TPSA) is 120 Å². The number of halogens is 2. The summed E-state index contributed by atoms with van der Waals surface area (Å²) in [4.78, 5) is 23.8. The SMILES string of the molecule is Cc1ccc(S(=O)(=O)NC2CCCc3c2[nH]c2ccc(Br)cc32)cc1.O=C(NC1CCCc2c1[nH]c1ccc(Br)cc21)c1ccccn1. The fourth-order valence-corrected chi connectivity index (χ4v) is 8.80. The number of hydrogen-bond acceptors (Lipinski definition) is 4. The lowest BCUT2D eigenvalue weighted by atomic mass is 9.91. The number of rotatable bonds is 5. The molecule has 0 fully saturated rings. The van der Waals surface area contributed by atoms with E-state index in [4.69, 9.17) is 0 Å². The lowest BCUT2D eigenvalue weighted by Gasteiger charge is -2.23. The Balaban J connectivity index is 0.000000152. The highest BCUT2D eigenvalue weighted by Crippen LogP contribution is 2.37. The summed E-state index contributed by atoms with van der Waals surface area (Å²) in [5, 5.41) is 5.53. The molecule has 3 aromatic carbocycles.